The molecule has 0 saturated carbocycles. The zero-order chi connectivity index (χ0) is 13.1. The van der Waals surface area contributed by atoms with Crippen LogP contribution in [-0.4, -0.2) is 30.9 Å². The summed E-state index contributed by atoms with van der Waals surface area (Å²) in [4.78, 5) is 4.47. The van der Waals surface area contributed by atoms with Gasteiger partial charge in [0, 0.05) is 31.7 Å². The zero-order valence-electron chi connectivity index (χ0n) is 10.8. The predicted octanol–water partition coefficient (Wildman–Crippen LogP) is 1.74. The van der Waals surface area contributed by atoms with E-state index in [0.29, 0.717) is 5.95 Å². The molecule has 0 aliphatic rings. The van der Waals surface area contributed by atoms with Crippen molar-refractivity contribution in [2.75, 3.05) is 11.9 Å². The maximum atomic E-state index is 4.47. The van der Waals surface area contributed by atoms with Crippen LogP contribution >= 0.6 is 0 Å². The van der Waals surface area contributed by atoms with Crippen molar-refractivity contribution >= 4 is 11.6 Å². The highest BCUT2D eigenvalue weighted by Gasteiger charge is 2.04. The van der Waals surface area contributed by atoms with Gasteiger partial charge in [-0.15, -0.1) is 5.10 Å². The number of nitrogens with one attached hydrogen (secondary N) is 1. The van der Waals surface area contributed by atoms with Crippen LogP contribution in [0.3, 0.4) is 0 Å². The Hall–Kier alpha value is -2.37. The third-order valence-electron chi connectivity index (χ3n) is 2.96. The van der Waals surface area contributed by atoms with Crippen molar-refractivity contribution in [1.82, 2.24) is 24.4 Å². The van der Waals surface area contributed by atoms with Crippen LogP contribution in [-0.2, 0) is 6.54 Å². The summed E-state index contributed by atoms with van der Waals surface area (Å²) < 4.78 is 3.72. The lowest BCUT2D eigenvalue weighted by molar-refractivity contribution is 0.591. The first-order valence-electron chi connectivity index (χ1n) is 6.36. The van der Waals surface area contributed by atoms with Crippen LogP contribution in [0, 0.1) is 6.92 Å². The third kappa shape index (κ3) is 2.57. The maximum absolute atomic E-state index is 4.47. The number of fused-ring (bicyclic) bond motifs is 1. The number of anilines is 1. The van der Waals surface area contributed by atoms with Crippen LogP contribution in [0.25, 0.3) is 5.65 Å². The van der Waals surface area contributed by atoms with E-state index in [0.717, 1.165) is 30.7 Å². The first kappa shape index (κ1) is 11.7. The highest BCUT2D eigenvalue weighted by Crippen LogP contribution is 2.09. The highest BCUT2D eigenvalue weighted by atomic mass is 15.3. The summed E-state index contributed by atoms with van der Waals surface area (Å²) in [5.41, 5.74) is 2.02. The molecule has 98 valence electrons. The molecule has 0 fully saturated rings. The van der Waals surface area contributed by atoms with Gasteiger partial charge in [-0.2, -0.15) is 10.1 Å². The van der Waals surface area contributed by atoms with Gasteiger partial charge in [0.1, 0.15) is 0 Å². The summed E-state index contributed by atoms with van der Waals surface area (Å²) in [5.74, 6) is 0.676. The van der Waals surface area contributed by atoms with Gasteiger partial charge in [-0.3, -0.25) is 4.68 Å². The molecule has 0 unspecified atom stereocenters. The number of rotatable bonds is 5. The van der Waals surface area contributed by atoms with Gasteiger partial charge in [0.2, 0.25) is 5.95 Å². The molecule has 0 amide bonds. The van der Waals surface area contributed by atoms with Gasteiger partial charge in [-0.05, 0) is 31.0 Å². The molecule has 3 rings (SSSR count). The Kier molecular flexibility index (Phi) is 3.14. The van der Waals surface area contributed by atoms with E-state index in [4.69, 9.17) is 0 Å². The van der Waals surface area contributed by atoms with Crippen molar-refractivity contribution < 1.29 is 0 Å². The highest BCUT2D eigenvalue weighted by molar-refractivity contribution is 5.49. The number of aromatic nitrogens is 5. The molecule has 3 heterocycles. The van der Waals surface area contributed by atoms with E-state index in [9.17, 15) is 0 Å². The standard InChI is InChI=1S/C13H16N6/c1-11-5-2-10-19-12(11)16-13(17-19)14-6-3-8-18-9-4-7-15-18/h2,4-5,7,9-10H,3,6,8H2,1H3,(H,14,17). The quantitative estimate of drug-likeness (QED) is 0.706. The third-order valence-corrected chi connectivity index (χ3v) is 2.96. The fraction of sp³-hybridized carbons (Fsp3) is 0.308. The van der Waals surface area contributed by atoms with Crippen LogP contribution in [0.4, 0.5) is 5.95 Å². The lowest BCUT2D eigenvalue weighted by atomic mass is 10.3. The van der Waals surface area contributed by atoms with E-state index < -0.39 is 0 Å². The summed E-state index contributed by atoms with van der Waals surface area (Å²) in [6.07, 6.45) is 6.65. The van der Waals surface area contributed by atoms with Gasteiger partial charge < -0.3 is 5.32 Å². The van der Waals surface area contributed by atoms with Crippen molar-refractivity contribution in [3.63, 3.8) is 0 Å². The lowest BCUT2D eigenvalue weighted by Crippen LogP contribution is -2.08. The molecule has 0 saturated heterocycles. The molecule has 3 aromatic rings. The molecule has 0 aliphatic heterocycles. The fourth-order valence-electron chi connectivity index (χ4n) is 1.99. The van der Waals surface area contributed by atoms with Gasteiger partial charge in [0.05, 0.1) is 0 Å². The van der Waals surface area contributed by atoms with Gasteiger partial charge in [-0.1, -0.05) is 6.07 Å². The van der Waals surface area contributed by atoms with Crippen LogP contribution in [0.1, 0.15) is 12.0 Å². The first-order chi connectivity index (χ1) is 9.33. The molecule has 19 heavy (non-hydrogen) atoms. The molecule has 0 spiro atoms. The summed E-state index contributed by atoms with van der Waals surface area (Å²) >= 11 is 0. The molecule has 6 heteroatoms. The van der Waals surface area contributed by atoms with Gasteiger partial charge in [0.15, 0.2) is 5.65 Å². The molecule has 0 bridgehead atoms. The Bertz CT molecular complexity index is 655. The van der Waals surface area contributed by atoms with Crippen molar-refractivity contribution in [3.8, 4) is 0 Å². The molecule has 0 aliphatic carbocycles. The summed E-state index contributed by atoms with van der Waals surface area (Å²) in [5, 5.41) is 11.8. The van der Waals surface area contributed by atoms with Gasteiger partial charge in [0.25, 0.3) is 0 Å². The molecule has 0 radical (unpaired) electrons. The number of hydrogen-bond acceptors (Lipinski definition) is 4. The van der Waals surface area contributed by atoms with Crippen molar-refractivity contribution in [3.05, 3.63) is 42.4 Å². The topological polar surface area (TPSA) is 60.0 Å². The average Bonchev–Trinajstić information content (AvgIpc) is 3.04. The minimum atomic E-state index is 0.676. The fourth-order valence-corrected chi connectivity index (χ4v) is 1.99. The van der Waals surface area contributed by atoms with E-state index in [1.807, 2.05) is 42.2 Å². The number of nitrogens with zero attached hydrogens (tertiary/aromatic N) is 5. The first-order valence-corrected chi connectivity index (χ1v) is 6.36. The molecule has 0 atom stereocenters. The second-order valence-electron chi connectivity index (χ2n) is 4.44. The lowest BCUT2D eigenvalue weighted by Gasteiger charge is -2.01. The SMILES string of the molecule is Cc1cccn2nc(NCCCn3cccn3)nc12. The van der Waals surface area contributed by atoms with Crippen LogP contribution in [0.15, 0.2) is 36.8 Å². The Morgan fingerprint density at radius 1 is 1.26 bits per heavy atom. The summed E-state index contributed by atoms with van der Waals surface area (Å²) in [6, 6.07) is 5.93. The van der Waals surface area contributed by atoms with Crippen LogP contribution < -0.4 is 5.32 Å². The number of pyridine rings is 1. The largest absolute Gasteiger partial charge is 0.353 e. The summed E-state index contributed by atoms with van der Waals surface area (Å²) in [6.45, 7) is 3.76. The maximum Gasteiger partial charge on any atom is 0.243 e. The van der Waals surface area contributed by atoms with Crippen molar-refractivity contribution in [1.29, 1.82) is 0 Å². The van der Waals surface area contributed by atoms with E-state index in [1.54, 1.807) is 10.7 Å². The van der Waals surface area contributed by atoms with Crippen LogP contribution in [0.2, 0.25) is 0 Å². The summed E-state index contributed by atoms with van der Waals surface area (Å²) in [7, 11) is 0. The Labute approximate surface area is 111 Å². The predicted molar refractivity (Wildman–Crippen MR) is 73.1 cm³/mol. The van der Waals surface area contributed by atoms with Crippen molar-refractivity contribution in [2.45, 2.75) is 19.9 Å². The molecule has 3 aromatic heterocycles. The van der Waals surface area contributed by atoms with E-state index in [-0.39, 0.29) is 0 Å². The smallest absolute Gasteiger partial charge is 0.243 e. The minimum Gasteiger partial charge on any atom is -0.353 e. The molecule has 1 N–H and O–H groups in total. The number of hydrogen-bond donors (Lipinski definition) is 1. The van der Waals surface area contributed by atoms with Gasteiger partial charge in [-0.25, -0.2) is 4.52 Å². The molecule has 0 aromatic carbocycles. The van der Waals surface area contributed by atoms with E-state index in [1.165, 1.54) is 0 Å². The monoisotopic (exact) mass is 256 g/mol. The molecular formula is C13H16N6. The average molecular weight is 256 g/mol. The number of aryl methyl sites for hydroxylation is 2. The van der Waals surface area contributed by atoms with E-state index >= 15 is 0 Å². The Morgan fingerprint density at radius 3 is 3.00 bits per heavy atom. The second-order valence-corrected chi connectivity index (χ2v) is 4.44. The van der Waals surface area contributed by atoms with Crippen molar-refractivity contribution in [2.24, 2.45) is 0 Å². The van der Waals surface area contributed by atoms with Crippen LogP contribution in [0.5, 0.6) is 0 Å². The molecule has 6 nitrogen and oxygen atoms in total. The Balaban J connectivity index is 1.58. The van der Waals surface area contributed by atoms with Gasteiger partial charge >= 0.3 is 0 Å². The minimum absolute atomic E-state index is 0.676. The zero-order valence-corrected chi connectivity index (χ0v) is 10.8. The Morgan fingerprint density at radius 2 is 2.21 bits per heavy atom. The normalized spacial score (nSPS) is 11.0. The van der Waals surface area contributed by atoms with E-state index in [2.05, 4.69) is 20.5 Å². The molecular weight excluding hydrogens is 240 g/mol. The second kappa shape index (κ2) is 5.09.